The number of rotatable bonds is 8. The number of carboxylic acid groups (broad SMARTS) is 1. The lowest BCUT2D eigenvalue weighted by atomic mass is 9.73. The van der Waals surface area contributed by atoms with Crippen LogP contribution in [0.2, 0.25) is 0 Å². The molecule has 2 N–H and O–H groups in total. The zero-order valence-electron chi connectivity index (χ0n) is 12.9. The van der Waals surface area contributed by atoms with E-state index in [0.717, 1.165) is 17.5 Å². The molecule has 1 aromatic rings. The Balaban J connectivity index is 1.88. The number of carbonyl (C=O) groups excluding carboxylic acids is 1. The van der Waals surface area contributed by atoms with Crippen LogP contribution in [-0.2, 0) is 27.5 Å². The van der Waals surface area contributed by atoms with Crippen LogP contribution in [0.1, 0.15) is 37.3 Å². The Kier molecular flexibility index (Phi) is 5.95. The lowest BCUT2D eigenvalue weighted by Crippen LogP contribution is -2.43. The van der Waals surface area contributed by atoms with Crippen molar-refractivity contribution in [2.45, 2.75) is 39.3 Å². The smallest absolute Gasteiger partial charge is 0.307 e. The monoisotopic (exact) mass is 305 g/mol. The average Bonchev–Trinajstić information content (AvgIpc) is 2.44. The number of nitrogens with one attached hydrogen (secondary N) is 1. The molecule has 1 aromatic carbocycles. The molecule has 1 fully saturated rings. The summed E-state index contributed by atoms with van der Waals surface area (Å²) in [4.78, 5) is 23.1. The number of carbonyl (C=O) groups is 2. The number of aliphatic carboxylic acids is 1. The zero-order chi connectivity index (χ0) is 15.9. The Hall–Kier alpha value is -1.88. The van der Waals surface area contributed by atoms with Gasteiger partial charge in [-0.15, -0.1) is 0 Å². The van der Waals surface area contributed by atoms with Crippen LogP contribution in [0.5, 0.6) is 0 Å². The summed E-state index contributed by atoms with van der Waals surface area (Å²) >= 11 is 0. The molecular formula is C17H23NO4. The Morgan fingerprint density at radius 3 is 2.50 bits per heavy atom. The summed E-state index contributed by atoms with van der Waals surface area (Å²) in [7, 11) is 0. The van der Waals surface area contributed by atoms with Crippen molar-refractivity contribution >= 4 is 11.9 Å². The van der Waals surface area contributed by atoms with Gasteiger partial charge < -0.3 is 15.2 Å². The van der Waals surface area contributed by atoms with Gasteiger partial charge in [0.25, 0.3) is 0 Å². The van der Waals surface area contributed by atoms with E-state index in [0.29, 0.717) is 32.6 Å². The predicted octanol–water partition coefficient (Wildman–Crippen LogP) is 2.34. The number of carboxylic acids is 1. The molecule has 0 radical (unpaired) electrons. The Labute approximate surface area is 130 Å². The largest absolute Gasteiger partial charge is 0.481 e. The number of amides is 1. The van der Waals surface area contributed by atoms with Crippen molar-refractivity contribution in [3.05, 3.63) is 35.4 Å². The summed E-state index contributed by atoms with van der Waals surface area (Å²) in [6.45, 7) is 3.71. The number of hydrogen-bond acceptors (Lipinski definition) is 3. The fraction of sp³-hybridized carbons (Fsp3) is 0.529. The molecule has 0 heterocycles. The van der Waals surface area contributed by atoms with Gasteiger partial charge in [-0.1, -0.05) is 31.2 Å². The van der Waals surface area contributed by atoms with Crippen LogP contribution in [0.4, 0.5) is 0 Å². The molecule has 0 spiro atoms. The van der Waals surface area contributed by atoms with Crippen LogP contribution in [0.3, 0.4) is 0 Å². The van der Waals surface area contributed by atoms with Gasteiger partial charge in [0, 0.05) is 13.2 Å². The number of hydrogen-bond donors (Lipinski definition) is 2. The highest BCUT2D eigenvalue weighted by Gasteiger charge is 2.41. The van der Waals surface area contributed by atoms with E-state index >= 15 is 0 Å². The summed E-state index contributed by atoms with van der Waals surface area (Å²) in [5, 5.41) is 11.9. The maximum Gasteiger partial charge on any atom is 0.307 e. The third kappa shape index (κ3) is 4.07. The van der Waals surface area contributed by atoms with Gasteiger partial charge in [-0.2, -0.15) is 0 Å². The van der Waals surface area contributed by atoms with Gasteiger partial charge in [-0.25, -0.2) is 0 Å². The summed E-state index contributed by atoms with van der Waals surface area (Å²) in [6, 6.07) is 7.82. The molecule has 2 rings (SSSR count). The fourth-order valence-corrected chi connectivity index (χ4v) is 2.62. The minimum Gasteiger partial charge on any atom is -0.481 e. The number of ether oxygens (including phenoxy) is 1. The topological polar surface area (TPSA) is 75.6 Å². The van der Waals surface area contributed by atoms with E-state index in [9.17, 15) is 9.59 Å². The molecule has 1 aliphatic rings. The second-order valence-corrected chi connectivity index (χ2v) is 5.67. The van der Waals surface area contributed by atoms with Gasteiger partial charge in [0.05, 0.1) is 18.4 Å². The molecule has 0 aromatic heterocycles. The SMILES string of the molecule is CCCOCc1ccccc1CNC(=O)C1CCC1C(=O)O. The van der Waals surface area contributed by atoms with E-state index in [1.165, 1.54) is 0 Å². The molecule has 1 amide bonds. The van der Waals surface area contributed by atoms with Gasteiger partial charge in [0.2, 0.25) is 5.91 Å². The predicted molar refractivity (Wildman–Crippen MR) is 82.1 cm³/mol. The molecule has 2 unspecified atom stereocenters. The molecule has 0 saturated heterocycles. The van der Waals surface area contributed by atoms with Crippen LogP contribution in [-0.4, -0.2) is 23.6 Å². The van der Waals surface area contributed by atoms with E-state index < -0.39 is 11.9 Å². The second-order valence-electron chi connectivity index (χ2n) is 5.67. The Morgan fingerprint density at radius 1 is 1.23 bits per heavy atom. The third-order valence-corrected chi connectivity index (χ3v) is 4.11. The minimum atomic E-state index is -0.875. The molecule has 120 valence electrons. The summed E-state index contributed by atoms with van der Waals surface area (Å²) in [5.41, 5.74) is 2.07. The van der Waals surface area contributed by atoms with Crippen LogP contribution in [0, 0.1) is 11.8 Å². The minimum absolute atomic E-state index is 0.164. The fourth-order valence-electron chi connectivity index (χ4n) is 2.62. The third-order valence-electron chi connectivity index (χ3n) is 4.11. The van der Waals surface area contributed by atoms with Crippen molar-refractivity contribution < 1.29 is 19.4 Å². The van der Waals surface area contributed by atoms with Crippen LogP contribution >= 0.6 is 0 Å². The first kappa shape index (κ1) is 16.5. The Morgan fingerprint density at radius 2 is 1.91 bits per heavy atom. The van der Waals surface area contributed by atoms with Gasteiger partial charge in [0.1, 0.15) is 0 Å². The molecule has 1 saturated carbocycles. The molecule has 1 aliphatic carbocycles. The van der Waals surface area contributed by atoms with Crippen molar-refractivity contribution in [2.75, 3.05) is 6.61 Å². The molecule has 0 bridgehead atoms. The highest BCUT2D eigenvalue weighted by molar-refractivity contribution is 5.86. The second kappa shape index (κ2) is 7.94. The molecule has 0 aliphatic heterocycles. The lowest BCUT2D eigenvalue weighted by Gasteiger charge is -2.32. The van der Waals surface area contributed by atoms with E-state index in [1.807, 2.05) is 24.3 Å². The normalized spacial score (nSPS) is 20.2. The van der Waals surface area contributed by atoms with Crippen LogP contribution in [0.15, 0.2) is 24.3 Å². The lowest BCUT2D eigenvalue weighted by molar-refractivity contribution is -0.152. The molecule has 2 atom stereocenters. The van der Waals surface area contributed by atoms with Crippen molar-refractivity contribution in [3.63, 3.8) is 0 Å². The van der Waals surface area contributed by atoms with Gasteiger partial charge in [-0.3, -0.25) is 9.59 Å². The summed E-state index contributed by atoms with van der Waals surface area (Å²) in [5.74, 6) is -1.95. The van der Waals surface area contributed by atoms with Gasteiger partial charge >= 0.3 is 5.97 Å². The van der Waals surface area contributed by atoms with Gasteiger partial charge in [0.15, 0.2) is 0 Å². The molecule has 5 heteroatoms. The average molecular weight is 305 g/mol. The standard InChI is InChI=1S/C17H23NO4/c1-2-9-22-11-13-6-4-3-5-12(13)10-18-16(19)14-7-8-15(14)17(20)21/h3-6,14-15H,2,7-11H2,1H3,(H,18,19)(H,20,21). The first-order chi connectivity index (χ1) is 10.6. The first-order valence-corrected chi connectivity index (χ1v) is 7.78. The van der Waals surface area contributed by atoms with E-state index in [-0.39, 0.29) is 11.8 Å². The molecule has 22 heavy (non-hydrogen) atoms. The van der Waals surface area contributed by atoms with Crippen molar-refractivity contribution in [2.24, 2.45) is 11.8 Å². The van der Waals surface area contributed by atoms with E-state index in [1.54, 1.807) is 0 Å². The summed E-state index contributed by atoms with van der Waals surface area (Å²) in [6.07, 6.45) is 2.22. The van der Waals surface area contributed by atoms with Gasteiger partial charge in [-0.05, 0) is 30.4 Å². The highest BCUT2D eigenvalue weighted by atomic mass is 16.5. The van der Waals surface area contributed by atoms with Crippen molar-refractivity contribution in [3.8, 4) is 0 Å². The Bertz CT molecular complexity index is 529. The maximum atomic E-state index is 12.1. The van der Waals surface area contributed by atoms with Crippen LogP contribution in [0.25, 0.3) is 0 Å². The summed E-state index contributed by atoms with van der Waals surface area (Å²) < 4.78 is 5.55. The zero-order valence-corrected chi connectivity index (χ0v) is 12.9. The molecular weight excluding hydrogens is 282 g/mol. The quantitative estimate of drug-likeness (QED) is 0.723. The van der Waals surface area contributed by atoms with E-state index in [2.05, 4.69) is 12.2 Å². The first-order valence-electron chi connectivity index (χ1n) is 7.78. The van der Waals surface area contributed by atoms with E-state index in [4.69, 9.17) is 9.84 Å². The number of benzene rings is 1. The van der Waals surface area contributed by atoms with Crippen LogP contribution < -0.4 is 5.32 Å². The van der Waals surface area contributed by atoms with Crippen molar-refractivity contribution in [1.82, 2.24) is 5.32 Å². The van der Waals surface area contributed by atoms with Crippen molar-refractivity contribution in [1.29, 1.82) is 0 Å². The highest BCUT2D eigenvalue weighted by Crippen LogP contribution is 2.34. The molecule has 5 nitrogen and oxygen atoms in total. The maximum absolute atomic E-state index is 12.1.